The van der Waals surface area contributed by atoms with Crippen LogP contribution in [0.1, 0.15) is 12.8 Å². The summed E-state index contributed by atoms with van der Waals surface area (Å²) in [5.74, 6) is 3.24. The van der Waals surface area contributed by atoms with Gasteiger partial charge in [-0.1, -0.05) is 0 Å². The molecule has 2 heteroatoms. The van der Waals surface area contributed by atoms with Crippen LogP contribution in [0, 0.1) is 11.5 Å². The normalized spacial score (nSPS) is 10.5. The van der Waals surface area contributed by atoms with Crippen molar-refractivity contribution < 1.29 is 0 Å². The van der Waals surface area contributed by atoms with Gasteiger partial charge in [0, 0.05) is 0 Å². The van der Waals surface area contributed by atoms with Crippen molar-refractivity contribution >= 4 is 25.8 Å². The van der Waals surface area contributed by atoms with Crippen molar-refractivity contribution in [2.24, 2.45) is 0 Å². The molecule has 0 heterocycles. The minimum absolute atomic E-state index is 1.07. The molecule has 0 unspecified atom stereocenters. The van der Waals surface area contributed by atoms with Gasteiger partial charge in [-0.05, 0) is 0 Å². The van der Waals surface area contributed by atoms with Gasteiger partial charge >= 0.3 is 74.8 Å². The van der Waals surface area contributed by atoms with E-state index in [4.69, 9.17) is 0 Å². The first-order chi connectivity index (χ1) is 4.56. The van der Waals surface area contributed by atoms with Gasteiger partial charge < -0.3 is 0 Å². The van der Waals surface area contributed by atoms with Crippen LogP contribution in [0.25, 0.3) is 0 Å². The van der Waals surface area contributed by atoms with Crippen LogP contribution in [0.3, 0.4) is 0 Å². The summed E-state index contributed by atoms with van der Waals surface area (Å²) in [6.07, 6.45) is 2.36. The van der Waals surface area contributed by atoms with Gasteiger partial charge in [0.05, 0.1) is 0 Å². The van der Waals surface area contributed by atoms with Gasteiger partial charge in [0.1, 0.15) is 0 Å². The molecule has 0 radical (unpaired) electrons. The zero-order valence-corrected chi connectivity index (χ0v) is 8.62. The molecular formula is C8H15LiSi. The van der Waals surface area contributed by atoms with Gasteiger partial charge in [0.25, 0.3) is 0 Å². The van der Waals surface area contributed by atoms with Crippen LogP contribution >= 0.6 is 0 Å². The fourth-order valence-corrected chi connectivity index (χ4v) is 1.25. The van der Waals surface area contributed by atoms with Crippen LogP contribution in [-0.4, -0.2) is 25.8 Å². The fourth-order valence-electron chi connectivity index (χ4n) is 0.593. The first kappa shape index (κ1) is 10.4. The van der Waals surface area contributed by atoms with Crippen LogP contribution in [0.4, 0.5) is 0 Å². The second kappa shape index (κ2) is 5.08. The standard InChI is InChI=1S/C8H15Si.Li/c1-5-6-7-8-9(2,3)4;/h1,5-6H2,2-4H3;. The summed E-state index contributed by atoms with van der Waals surface area (Å²) in [4.78, 5) is 0. The minimum atomic E-state index is -1.07. The van der Waals surface area contributed by atoms with Gasteiger partial charge in [-0.3, -0.25) is 0 Å². The van der Waals surface area contributed by atoms with Crippen molar-refractivity contribution in [1.82, 2.24) is 0 Å². The van der Waals surface area contributed by atoms with E-state index in [-0.39, 0.29) is 0 Å². The number of hydrogen-bond acceptors (Lipinski definition) is 0. The molecule has 0 aliphatic rings. The zero-order chi connectivity index (χ0) is 8.04. The van der Waals surface area contributed by atoms with E-state index in [9.17, 15) is 0 Å². The molecular weight excluding hydrogens is 131 g/mol. The summed E-state index contributed by atoms with van der Waals surface area (Å²) in [7, 11) is -1.07. The summed E-state index contributed by atoms with van der Waals surface area (Å²) in [6.45, 7) is 6.85. The van der Waals surface area contributed by atoms with Crippen molar-refractivity contribution in [2.75, 3.05) is 0 Å². The first-order valence-electron chi connectivity index (χ1n) is 4.06. The molecule has 0 spiro atoms. The molecule has 52 valence electrons. The molecule has 10 heavy (non-hydrogen) atoms. The van der Waals surface area contributed by atoms with Crippen molar-refractivity contribution in [3.63, 3.8) is 0 Å². The van der Waals surface area contributed by atoms with Crippen LogP contribution in [-0.2, 0) is 0 Å². The summed E-state index contributed by atoms with van der Waals surface area (Å²) in [5.41, 5.74) is 3.35. The quantitative estimate of drug-likeness (QED) is 0.318. The topological polar surface area (TPSA) is 0 Å². The second-order valence-electron chi connectivity index (χ2n) is 3.66. The molecule has 0 fully saturated rings. The molecule has 0 saturated heterocycles. The van der Waals surface area contributed by atoms with E-state index in [0.29, 0.717) is 0 Å². The molecule has 0 aromatic rings. The molecule has 0 aliphatic heterocycles. The van der Waals surface area contributed by atoms with Crippen molar-refractivity contribution in [1.29, 1.82) is 0 Å². The summed E-state index contributed by atoms with van der Waals surface area (Å²) in [6, 6.07) is 0. The third kappa shape index (κ3) is 8.37. The van der Waals surface area contributed by atoms with Gasteiger partial charge in [0.2, 0.25) is 0 Å². The van der Waals surface area contributed by atoms with E-state index in [1.165, 1.54) is 11.5 Å². The predicted octanol–water partition coefficient (Wildman–Crippen LogP) is 2.23. The zero-order valence-electron chi connectivity index (χ0n) is 7.62. The maximum atomic E-state index is 3.35. The molecule has 0 N–H and O–H groups in total. The second-order valence-corrected chi connectivity index (χ2v) is 8.41. The summed E-state index contributed by atoms with van der Waals surface area (Å²) in [5, 5.41) is 1.26. The Hall–Kier alpha value is 0.374. The van der Waals surface area contributed by atoms with Crippen molar-refractivity contribution in [3.05, 3.63) is 0 Å². The Kier molecular flexibility index (Phi) is 5.27. The van der Waals surface area contributed by atoms with E-state index < -0.39 is 8.07 Å². The predicted molar refractivity (Wildman–Crippen MR) is 50.9 cm³/mol. The number of rotatable bonds is 2. The molecule has 0 aliphatic carbocycles. The number of hydrogen-bond donors (Lipinski definition) is 0. The third-order valence-corrected chi connectivity index (χ3v) is 2.05. The molecule has 0 rings (SSSR count). The Morgan fingerprint density at radius 2 is 1.90 bits per heavy atom. The number of unbranched alkanes of at least 4 members (excludes halogenated alkanes) is 1. The van der Waals surface area contributed by atoms with E-state index in [2.05, 4.69) is 48.8 Å². The first-order valence-corrected chi connectivity index (χ1v) is 7.56. The summed E-state index contributed by atoms with van der Waals surface area (Å²) < 4.78 is 0. The fraction of sp³-hybridized carbons (Fsp3) is 0.750. The molecule has 0 aromatic heterocycles. The van der Waals surface area contributed by atoms with Gasteiger partial charge in [-0.2, -0.15) is 0 Å². The molecule has 0 amide bonds. The monoisotopic (exact) mass is 146 g/mol. The molecule has 0 nitrogen and oxygen atoms in total. The van der Waals surface area contributed by atoms with Crippen molar-refractivity contribution in [2.45, 2.75) is 37.6 Å². The molecule has 0 atom stereocenters. The van der Waals surface area contributed by atoms with E-state index >= 15 is 0 Å². The van der Waals surface area contributed by atoms with Crippen LogP contribution in [0.15, 0.2) is 0 Å². The average Bonchev–Trinajstić information content (AvgIpc) is 1.78. The Bertz CT molecular complexity index is 136. The molecule has 0 saturated carbocycles. The van der Waals surface area contributed by atoms with Crippen molar-refractivity contribution in [3.8, 4) is 11.5 Å². The Balaban J connectivity index is 3.50. The Morgan fingerprint density at radius 3 is 2.30 bits per heavy atom. The SMILES string of the molecule is [Li][CH2]CCC#C[Si](C)(C)C. The van der Waals surface area contributed by atoms with Gasteiger partial charge in [0.15, 0.2) is 0 Å². The Morgan fingerprint density at radius 1 is 1.30 bits per heavy atom. The van der Waals surface area contributed by atoms with Crippen LogP contribution in [0.2, 0.25) is 24.7 Å². The van der Waals surface area contributed by atoms with E-state index in [1.807, 2.05) is 0 Å². The Labute approximate surface area is 75.0 Å². The van der Waals surface area contributed by atoms with E-state index in [0.717, 1.165) is 6.42 Å². The summed E-state index contributed by atoms with van der Waals surface area (Å²) >= 11 is 2.20. The van der Waals surface area contributed by atoms with Crippen LogP contribution in [0.5, 0.6) is 0 Å². The maximum absolute atomic E-state index is 3.35. The molecule has 0 bridgehead atoms. The van der Waals surface area contributed by atoms with Gasteiger partial charge in [-0.15, -0.1) is 0 Å². The average molecular weight is 146 g/mol. The molecule has 0 aromatic carbocycles. The van der Waals surface area contributed by atoms with Gasteiger partial charge in [-0.25, -0.2) is 0 Å². The van der Waals surface area contributed by atoms with Crippen LogP contribution < -0.4 is 0 Å². The van der Waals surface area contributed by atoms with E-state index in [1.54, 1.807) is 0 Å². The third-order valence-electron chi connectivity index (χ3n) is 1.12.